The van der Waals surface area contributed by atoms with E-state index < -0.39 is 0 Å². The van der Waals surface area contributed by atoms with Gasteiger partial charge in [0.1, 0.15) is 0 Å². The zero-order chi connectivity index (χ0) is 14.5. The van der Waals surface area contributed by atoms with E-state index in [1.807, 2.05) is 0 Å². The van der Waals surface area contributed by atoms with Crippen molar-refractivity contribution in [2.75, 3.05) is 26.3 Å². The standard InChI is InChI=1S/C17H26N2O2/c18-8-7-15-4-1-2-9-19(15)13-14-5-6-16-17(12-14)21-11-3-10-20-16/h5-6,12,15H,1-4,7-11,13,18H2. The van der Waals surface area contributed by atoms with Gasteiger partial charge in [-0.3, -0.25) is 4.90 Å². The fourth-order valence-corrected chi connectivity index (χ4v) is 3.33. The van der Waals surface area contributed by atoms with Gasteiger partial charge in [0.25, 0.3) is 0 Å². The van der Waals surface area contributed by atoms with Crippen molar-refractivity contribution in [2.45, 2.75) is 44.7 Å². The second kappa shape index (κ2) is 7.14. The average molecular weight is 290 g/mol. The van der Waals surface area contributed by atoms with E-state index in [4.69, 9.17) is 15.2 Å². The van der Waals surface area contributed by atoms with Gasteiger partial charge in [0.15, 0.2) is 11.5 Å². The summed E-state index contributed by atoms with van der Waals surface area (Å²) >= 11 is 0. The zero-order valence-electron chi connectivity index (χ0n) is 12.7. The Morgan fingerprint density at radius 1 is 1.10 bits per heavy atom. The Labute approximate surface area is 127 Å². The van der Waals surface area contributed by atoms with E-state index in [0.717, 1.165) is 50.6 Å². The largest absolute Gasteiger partial charge is 0.490 e. The van der Waals surface area contributed by atoms with Crippen LogP contribution in [-0.4, -0.2) is 37.2 Å². The van der Waals surface area contributed by atoms with Gasteiger partial charge in [0.2, 0.25) is 0 Å². The molecule has 0 saturated carbocycles. The Balaban J connectivity index is 1.70. The van der Waals surface area contributed by atoms with Gasteiger partial charge < -0.3 is 15.2 Å². The molecule has 2 heterocycles. The first-order valence-electron chi connectivity index (χ1n) is 8.19. The number of rotatable bonds is 4. The van der Waals surface area contributed by atoms with Crippen LogP contribution in [0, 0.1) is 0 Å². The molecular weight excluding hydrogens is 264 g/mol. The molecule has 1 atom stereocenters. The summed E-state index contributed by atoms with van der Waals surface area (Å²) in [5, 5.41) is 0. The Hall–Kier alpha value is -1.26. The van der Waals surface area contributed by atoms with Crippen molar-refractivity contribution >= 4 is 0 Å². The number of hydrogen-bond donors (Lipinski definition) is 1. The van der Waals surface area contributed by atoms with E-state index in [-0.39, 0.29) is 0 Å². The van der Waals surface area contributed by atoms with E-state index >= 15 is 0 Å². The predicted molar refractivity (Wildman–Crippen MR) is 83.8 cm³/mol. The number of nitrogens with two attached hydrogens (primary N) is 1. The van der Waals surface area contributed by atoms with Crippen LogP contribution in [0.1, 0.15) is 37.7 Å². The van der Waals surface area contributed by atoms with E-state index in [2.05, 4.69) is 23.1 Å². The third-order valence-electron chi connectivity index (χ3n) is 4.45. The van der Waals surface area contributed by atoms with Crippen molar-refractivity contribution in [2.24, 2.45) is 5.73 Å². The average Bonchev–Trinajstić information content (AvgIpc) is 2.74. The predicted octanol–water partition coefficient (Wildman–Crippen LogP) is 2.55. The van der Waals surface area contributed by atoms with Crippen LogP contribution in [0.15, 0.2) is 18.2 Å². The molecule has 0 aliphatic carbocycles. The van der Waals surface area contributed by atoms with Crippen LogP contribution in [0.25, 0.3) is 0 Å². The normalized spacial score (nSPS) is 22.8. The molecule has 0 bridgehead atoms. The summed E-state index contributed by atoms with van der Waals surface area (Å²) in [7, 11) is 0. The third kappa shape index (κ3) is 3.69. The second-order valence-electron chi connectivity index (χ2n) is 6.03. The van der Waals surface area contributed by atoms with Gasteiger partial charge in [0, 0.05) is 19.0 Å². The van der Waals surface area contributed by atoms with Crippen molar-refractivity contribution in [3.8, 4) is 11.5 Å². The lowest BCUT2D eigenvalue weighted by atomic mass is 9.98. The number of likely N-dealkylation sites (tertiary alicyclic amines) is 1. The molecule has 2 aliphatic heterocycles. The third-order valence-corrected chi connectivity index (χ3v) is 4.45. The van der Waals surface area contributed by atoms with Crippen molar-refractivity contribution in [3.05, 3.63) is 23.8 Å². The summed E-state index contributed by atoms with van der Waals surface area (Å²) in [6.07, 6.45) is 5.97. The highest BCUT2D eigenvalue weighted by Gasteiger charge is 2.22. The fourth-order valence-electron chi connectivity index (χ4n) is 3.33. The molecule has 2 aliphatic rings. The van der Waals surface area contributed by atoms with Crippen LogP contribution in [-0.2, 0) is 6.54 Å². The van der Waals surface area contributed by atoms with Gasteiger partial charge >= 0.3 is 0 Å². The summed E-state index contributed by atoms with van der Waals surface area (Å²) < 4.78 is 11.5. The van der Waals surface area contributed by atoms with Crippen molar-refractivity contribution in [1.29, 1.82) is 0 Å². The Morgan fingerprint density at radius 3 is 2.81 bits per heavy atom. The van der Waals surface area contributed by atoms with Crippen molar-refractivity contribution < 1.29 is 9.47 Å². The first-order chi connectivity index (χ1) is 10.4. The first-order valence-corrected chi connectivity index (χ1v) is 8.19. The molecule has 2 N–H and O–H groups in total. The molecule has 1 saturated heterocycles. The number of hydrogen-bond acceptors (Lipinski definition) is 4. The van der Waals surface area contributed by atoms with Crippen molar-refractivity contribution in [1.82, 2.24) is 4.90 Å². The number of piperidine rings is 1. The van der Waals surface area contributed by atoms with Crippen LogP contribution >= 0.6 is 0 Å². The van der Waals surface area contributed by atoms with Crippen LogP contribution in [0.3, 0.4) is 0 Å². The Morgan fingerprint density at radius 2 is 1.95 bits per heavy atom. The van der Waals surface area contributed by atoms with E-state index in [1.165, 1.54) is 31.4 Å². The van der Waals surface area contributed by atoms with E-state index in [9.17, 15) is 0 Å². The maximum atomic E-state index is 5.79. The second-order valence-corrected chi connectivity index (χ2v) is 6.03. The molecule has 21 heavy (non-hydrogen) atoms. The number of ether oxygens (including phenoxy) is 2. The molecular formula is C17H26N2O2. The molecule has 1 aromatic rings. The minimum Gasteiger partial charge on any atom is -0.490 e. The summed E-state index contributed by atoms with van der Waals surface area (Å²) in [5.41, 5.74) is 7.07. The highest BCUT2D eigenvalue weighted by molar-refractivity contribution is 5.43. The van der Waals surface area contributed by atoms with E-state index in [1.54, 1.807) is 0 Å². The minimum absolute atomic E-state index is 0.639. The molecule has 4 nitrogen and oxygen atoms in total. The lowest BCUT2D eigenvalue weighted by Gasteiger charge is -2.35. The summed E-state index contributed by atoms with van der Waals surface area (Å²) in [4.78, 5) is 2.58. The topological polar surface area (TPSA) is 47.7 Å². The fraction of sp³-hybridized carbons (Fsp3) is 0.647. The SMILES string of the molecule is NCCC1CCCCN1Cc1ccc2c(c1)OCCCO2. The Bertz CT molecular complexity index is 462. The van der Waals surface area contributed by atoms with Crippen LogP contribution in [0.2, 0.25) is 0 Å². The molecule has 0 amide bonds. The van der Waals surface area contributed by atoms with Gasteiger partial charge in [-0.05, 0) is 50.0 Å². The lowest BCUT2D eigenvalue weighted by Crippen LogP contribution is -2.40. The highest BCUT2D eigenvalue weighted by atomic mass is 16.5. The molecule has 1 aromatic carbocycles. The molecule has 1 fully saturated rings. The molecule has 0 radical (unpaired) electrons. The molecule has 3 rings (SSSR count). The monoisotopic (exact) mass is 290 g/mol. The molecule has 116 valence electrons. The number of benzene rings is 1. The maximum absolute atomic E-state index is 5.79. The summed E-state index contributed by atoms with van der Waals surface area (Å²) in [5.74, 6) is 1.78. The zero-order valence-corrected chi connectivity index (χ0v) is 12.7. The van der Waals surface area contributed by atoms with Gasteiger partial charge in [-0.25, -0.2) is 0 Å². The van der Waals surface area contributed by atoms with Gasteiger partial charge in [-0.15, -0.1) is 0 Å². The smallest absolute Gasteiger partial charge is 0.161 e. The maximum Gasteiger partial charge on any atom is 0.161 e. The van der Waals surface area contributed by atoms with Crippen LogP contribution < -0.4 is 15.2 Å². The summed E-state index contributed by atoms with van der Waals surface area (Å²) in [6.45, 7) is 4.44. The first kappa shape index (κ1) is 14.7. The molecule has 0 aromatic heterocycles. The summed E-state index contributed by atoms with van der Waals surface area (Å²) in [6, 6.07) is 7.01. The molecule has 4 heteroatoms. The lowest BCUT2D eigenvalue weighted by molar-refractivity contribution is 0.134. The Kier molecular flexibility index (Phi) is 4.99. The van der Waals surface area contributed by atoms with Crippen LogP contribution in [0.5, 0.6) is 11.5 Å². The molecule has 1 unspecified atom stereocenters. The van der Waals surface area contributed by atoms with E-state index in [0.29, 0.717) is 6.04 Å². The highest BCUT2D eigenvalue weighted by Crippen LogP contribution is 2.31. The number of nitrogens with zero attached hydrogens (tertiary/aromatic N) is 1. The van der Waals surface area contributed by atoms with Gasteiger partial charge in [0.05, 0.1) is 13.2 Å². The van der Waals surface area contributed by atoms with Gasteiger partial charge in [-0.2, -0.15) is 0 Å². The minimum atomic E-state index is 0.639. The number of fused-ring (bicyclic) bond motifs is 1. The van der Waals surface area contributed by atoms with Gasteiger partial charge in [-0.1, -0.05) is 12.5 Å². The van der Waals surface area contributed by atoms with Crippen LogP contribution in [0.4, 0.5) is 0 Å². The van der Waals surface area contributed by atoms with Crippen molar-refractivity contribution in [3.63, 3.8) is 0 Å². The quantitative estimate of drug-likeness (QED) is 0.926. The molecule has 0 spiro atoms.